The van der Waals surface area contributed by atoms with Gasteiger partial charge in [-0.05, 0) is 39.8 Å². The van der Waals surface area contributed by atoms with Gasteiger partial charge in [0.05, 0.1) is 11.2 Å². The average Bonchev–Trinajstić information content (AvgIpc) is 2.13. The number of aromatic nitrogens is 2. The lowest BCUT2D eigenvalue weighted by Gasteiger charge is -2.47. The topological polar surface area (TPSA) is 64.3 Å². The molecule has 0 aliphatic carbocycles. The van der Waals surface area contributed by atoms with Crippen molar-refractivity contribution in [2.75, 3.05) is 23.7 Å². The van der Waals surface area contributed by atoms with Gasteiger partial charge >= 0.3 is 0 Å². The van der Waals surface area contributed by atoms with Gasteiger partial charge in [-0.3, -0.25) is 0 Å². The van der Waals surface area contributed by atoms with Gasteiger partial charge in [-0.15, -0.1) is 10.2 Å². The predicted octanol–water partition coefficient (Wildman–Crippen LogP) is 1.45. The summed E-state index contributed by atoms with van der Waals surface area (Å²) in [6.07, 6.45) is 0. The highest BCUT2D eigenvalue weighted by atomic mass is 16.5. The SMILES string of the molecule is CC1(C)CN(c2ccc(N)nn2)CC(C)(C)O1. The van der Waals surface area contributed by atoms with Crippen molar-refractivity contribution >= 4 is 11.6 Å². The van der Waals surface area contributed by atoms with E-state index in [1.807, 2.05) is 6.07 Å². The summed E-state index contributed by atoms with van der Waals surface area (Å²) in [6, 6.07) is 3.68. The molecule has 0 saturated carbocycles. The second kappa shape index (κ2) is 3.84. The molecule has 17 heavy (non-hydrogen) atoms. The molecular formula is C12H20N4O. The van der Waals surface area contributed by atoms with Crippen molar-refractivity contribution < 1.29 is 4.74 Å². The number of ether oxygens (including phenoxy) is 1. The normalized spacial score (nSPS) is 22.5. The minimum atomic E-state index is -0.190. The number of hydrogen-bond donors (Lipinski definition) is 1. The summed E-state index contributed by atoms with van der Waals surface area (Å²) in [5, 5.41) is 8.02. The van der Waals surface area contributed by atoms with Gasteiger partial charge in [-0.1, -0.05) is 0 Å². The van der Waals surface area contributed by atoms with Crippen LogP contribution in [-0.4, -0.2) is 34.5 Å². The molecule has 1 aliphatic rings. The van der Waals surface area contributed by atoms with Crippen molar-refractivity contribution in [2.24, 2.45) is 0 Å². The Hall–Kier alpha value is -1.36. The van der Waals surface area contributed by atoms with Crippen LogP contribution in [0.4, 0.5) is 11.6 Å². The van der Waals surface area contributed by atoms with E-state index in [-0.39, 0.29) is 11.2 Å². The second-order valence-electron chi connectivity index (χ2n) is 5.79. The van der Waals surface area contributed by atoms with Gasteiger partial charge < -0.3 is 15.4 Å². The van der Waals surface area contributed by atoms with Crippen LogP contribution in [0.3, 0.4) is 0 Å². The predicted molar refractivity (Wildman–Crippen MR) is 67.9 cm³/mol. The molecule has 1 saturated heterocycles. The smallest absolute Gasteiger partial charge is 0.151 e. The van der Waals surface area contributed by atoms with Gasteiger partial charge in [0.25, 0.3) is 0 Å². The summed E-state index contributed by atoms with van der Waals surface area (Å²) in [5.74, 6) is 1.30. The number of anilines is 2. The quantitative estimate of drug-likeness (QED) is 0.799. The molecule has 0 radical (unpaired) electrons. The van der Waals surface area contributed by atoms with E-state index in [9.17, 15) is 0 Å². The summed E-state index contributed by atoms with van der Waals surface area (Å²) in [7, 11) is 0. The van der Waals surface area contributed by atoms with Gasteiger partial charge in [-0.25, -0.2) is 0 Å². The van der Waals surface area contributed by atoms with E-state index in [1.54, 1.807) is 6.07 Å². The maximum Gasteiger partial charge on any atom is 0.151 e. The van der Waals surface area contributed by atoms with E-state index in [0.29, 0.717) is 5.82 Å². The van der Waals surface area contributed by atoms with E-state index in [1.165, 1.54) is 0 Å². The third-order valence-corrected chi connectivity index (χ3v) is 2.69. The molecule has 5 heteroatoms. The molecule has 1 aromatic heterocycles. The van der Waals surface area contributed by atoms with Crippen molar-refractivity contribution in [1.29, 1.82) is 0 Å². The lowest BCUT2D eigenvalue weighted by molar-refractivity contribution is -0.133. The van der Waals surface area contributed by atoms with Crippen LogP contribution in [0.5, 0.6) is 0 Å². The Morgan fingerprint density at radius 3 is 2.18 bits per heavy atom. The number of morpholine rings is 1. The van der Waals surface area contributed by atoms with Crippen LogP contribution in [0.1, 0.15) is 27.7 Å². The van der Waals surface area contributed by atoms with Gasteiger partial charge in [0.1, 0.15) is 5.82 Å². The first kappa shape index (κ1) is 12.1. The number of hydrogen-bond acceptors (Lipinski definition) is 5. The van der Waals surface area contributed by atoms with E-state index in [2.05, 4.69) is 42.8 Å². The number of rotatable bonds is 1. The van der Waals surface area contributed by atoms with Gasteiger partial charge in [0.15, 0.2) is 5.82 Å². The first-order valence-corrected chi connectivity index (χ1v) is 5.82. The Morgan fingerprint density at radius 1 is 1.12 bits per heavy atom. The first-order valence-electron chi connectivity index (χ1n) is 5.82. The highest BCUT2D eigenvalue weighted by Gasteiger charge is 2.38. The van der Waals surface area contributed by atoms with Crippen LogP contribution in [-0.2, 0) is 4.74 Å². The molecule has 0 spiro atoms. The molecule has 2 N–H and O–H groups in total. The van der Waals surface area contributed by atoms with E-state index >= 15 is 0 Å². The molecule has 5 nitrogen and oxygen atoms in total. The minimum absolute atomic E-state index is 0.190. The summed E-state index contributed by atoms with van der Waals surface area (Å²) < 4.78 is 6.02. The molecule has 0 aromatic carbocycles. The van der Waals surface area contributed by atoms with Crippen molar-refractivity contribution in [3.8, 4) is 0 Å². The summed E-state index contributed by atoms with van der Waals surface area (Å²) >= 11 is 0. The standard InChI is InChI=1S/C12H20N4O/c1-11(2)7-16(8-12(3,4)17-11)10-6-5-9(13)14-15-10/h5-6H,7-8H2,1-4H3,(H2,13,14). The monoisotopic (exact) mass is 236 g/mol. The molecule has 2 heterocycles. The number of nitrogens with two attached hydrogens (primary N) is 1. The van der Waals surface area contributed by atoms with Crippen molar-refractivity contribution in [3.05, 3.63) is 12.1 Å². The third kappa shape index (κ3) is 2.85. The number of nitrogens with zero attached hydrogens (tertiary/aromatic N) is 3. The first-order chi connectivity index (χ1) is 7.77. The fraction of sp³-hybridized carbons (Fsp3) is 0.667. The maximum atomic E-state index is 6.02. The highest BCUT2D eigenvalue weighted by molar-refractivity contribution is 5.42. The zero-order chi connectivity index (χ0) is 12.7. The second-order valence-corrected chi connectivity index (χ2v) is 5.79. The Labute approximate surface area is 102 Å². The Morgan fingerprint density at radius 2 is 1.71 bits per heavy atom. The average molecular weight is 236 g/mol. The maximum absolute atomic E-state index is 6.02. The van der Waals surface area contributed by atoms with Crippen LogP contribution in [0.15, 0.2) is 12.1 Å². The lowest BCUT2D eigenvalue weighted by Crippen LogP contribution is -2.57. The van der Waals surface area contributed by atoms with E-state index in [4.69, 9.17) is 10.5 Å². The van der Waals surface area contributed by atoms with Crippen LogP contribution in [0, 0.1) is 0 Å². The molecule has 0 amide bonds. The van der Waals surface area contributed by atoms with Crippen LogP contribution < -0.4 is 10.6 Å². The Balaban J connectivity index is 2.24. The Bertz CT molecular complexity index is 383. The molecule has 1 fully saturated rings. The van der Waals surface area contributed by atoms with Crippen molar-refractivity contribution in [2.45, 2.75) is 38.9 Å². The molecule has 0 atom stereocenters. The van der Waals surface area contributed by atoms with E-state index in [0.717, 1.165) is 18.9 Å². The minimum Gasteiger partial charge on any atom is -0.382 e. The lowest BCUT2D eigenvalue weighted by atomic mass is 9.99. The zero-order valence-electron chi connectivity index (χ0n) is 10.9. The molecule has 2 rings (SSSR count). The largest absolute Gasteiger partial charge is 0.382 e. The number of nitrogen functional groups attached to an aromatic ring is 1. The van der Waals surface area contributed by atoms with Crippen molar-refractivity contribution in [1.82, 2.24) is 10.2 Å². The van der Waals surface area contributed by atoms with Crippen LogP contribution in [0.25, 0.3) is 0 Å². The van der Waals surface area contributed by atoms with Crippen LogP contribution >= 0.6 is 0 Å². The highest BCUT2D eigenvalue weighted by Crippen LogP contribution is 2.30. The van der Waals surface area contributed by atoms with Crippen LogP contribution in [0.2, 0.25) is 0 Å². The summed E-state index contributed by atoms with van der Waals surface area (Å²) in [6.45, 7) is 9.96. The van der Waals surface area contributed by atoms with Gasteiger partial charge in [-0.2, -0.15) is 0 Å². The molecule has 0 bridgehead atoms. The molecule has 1 aliphatic heterocycles. The van der Waals surface area contributed by atoms with Gasteiger partial charge in [0.2, 0.25) is 0 Å². The summed E-state index contributed by atoms with van der Waals surface area (Å²) in [4.78, 5) is 2.19. The molecule has 94 valence electrons. The third-order valence-electron chi connectivity index (χ3n) is 2.69. The molecule has 1 aromatic rings. The van der Waals surface area contributed by atoms with Crippen molar-refractivity contribution in [3.63, 3.8) is 0 Å². The Kier molecular flexibility index (Phi) is 2.73. The van der Waals surface area contributed by atoms with Gasteiger partial charge in [0, 0.05) is 13.1 Å². The van der Waals surface area contributed by atoms with E-state index < -0.39 is 0 Å². The fourth-order valence-corrected chi connectivity index (χ4v) is 2.45. The fourth-order valence-electron chi connectivity index (χ4n) is 2.45. The zero-order valence-corrected chi connectivity index (χ0v) is 10.9. The molecule has 0 unspecified atom stereocenters. The summed E-state index contributed by atoms with van der Waals surface area (Å²) in [5.41, 5.74) is 5.17. The molecular weight excluding hydrogens is 216 g/mol.